The first-order chi connectivity index (χ1) is 17.4. The van der Waals surface area contributed by atoms with Crippen molar-refractivity contribution in [3.63, 3.8) is 0 Å². The van der Waals surface area contributed by atoms with Crippen molar-refractivity contribution < 1.29 is 23.1 Å². The Hall–Kier alpha value is -2.85. The van der Waals surface area contributed by atoms with Crippen molar-refractivity contribution in [2.24, 2.45) is 0 Å². The Morgan fingerprint density at radius 3 is 2.17 bits per heavy atom. The number of ether oxygens (including phenoxy) is 1. The summed E-state index contributed by atoms with van der Waals surface area (Å²) in [6, 6.07) is 25.5. The molecule has 0 saturated carbocycles. The maximum absolute atomic E-state index is 13.4. The largest absolute Gasteiger partial charge is 0.445 e. The van der Waals surface area contributed by atoms with Gasteiger partial charge in [-0.25, -0.2) is 13.2 Å². The molecule has 0 aromatic heterocycles. The molecule has 0 fully saturated rings. The first-order valence-corrected chi connectivity index (χ1v) is 14.5. The fourth-order valence-corrected chi connectivity index (χ4v) is 5.64. The molecule has 0 saturated heterocycles. The minimum Gasteiger partial charge on any atom is -0.445 e. The number of carbonyl (C=O) groups is 1. The number of sulfonamides is 1. The molecule has 0 spiro atoms. The van der Waals surface area contributed by atoms with E-state index in [0.717, 1.165) is 11.3 Å². The zero-order valence-electron chi connectivity index (χ0n) is 20.2. The van der Waals surface area contributed by atoms with Gasteiger partial charge in [0.1, 0.15) is 6.61 Å². The van der Waals surface area contributed by atoms with Crippen LogP contribution in [-0.2, 0) is 21.4 Å². The van der Waals surface area contributed by atoms with E-state index in [2.05, 4.69) is 5.32 Å². The SMILES string of the molecule is CSCCCN(C[C@@H](O)C(NC(=O)OCc1ccccc1)c1ccccc1)S(=O)(=O)c1ccccc1. The minimum atomic E-state index is -3.85. The van der Waals surface area contributed by atoms with Gasteiger partial charge >= 0.3 is 6.09 Å². The van der Waals surface area contributed by atoms with Crippen LogP contribution in [0.5, 0.6) is 0 Å². The Morgan fingerprint density at radius 2 is 1.56 bits per heavy atom. The van der Waals surface area contributed by atoms with E-state index in [9.17, 15) is 18.3 Å². The Labute approximate surface area is 217 Å². The standard InChI is InChI=1S/C27H32N2O5S2/c1-35-19-11-18-29(36(32,33)24-16-9-4-10-17-24)20-25(30)26(23-14-7-3-8-15-23)28-27(31)34-21-22-12-5-2-6-13-22/h2-10,12-17,25-26,30H,11,18-21H2,1H3,(H,28,31)/t25-,26?/m1/s1. The van der Waals surface area contributed by atoms with Crippen molar-refractivity contribution >= 4 is 27.9 Å². The van der Waals surface area contributed by atoms with Gasteiger partial charge < -0.3 is 15.2 Å². The number of amides is 1. The maximum Gasteiger partial charge on any atom is 0.408 e. The van der Waals surface area contributed by atoms with E-state index in [1.807, 2.05) is 42.7 Å². The molecule has 0 radical (unpaired) electrons. The van der Waals surface area contributed by atoms with Gasteiger partial charge in [-0.1, -0.05) is 78.9 Å². The summed E-state index contributed by atoms with van der Waals surface area (Å²) in [4.78, 5) is 12.8. The maximum atomic E-state index is 13.4. The van der Waals surface area contributed by atoms with Crippen molar-refractivity contribution in [2.75, 3.05) is 25.1 Å². The third-order valence-corrected chi connectivity index (χ3v) is 8.13. The molecular weight excluding hydrogens is 496 g/mol. The number of rotatable bonds is 13. The molecule has 2 N–H and O–H groups in total. The van der Waals surface area contributed by atoms with Crippen LogP contribution in [0.4, 0.5) is 4.79 Å². The van der Waals surface area contributed by atoms with Crippen LogP contribution in [0.1, 0.15) is 23.6 Å². The fourth-order valence-electron chi connectivity index (χ4n) is 3.70. The monoisotopic (exact) mass is 528 g/mol. The summed E-state index contributed by atoms with van der Waals surface area (Å²) >= 11 is 1.63. The van der Waals surface area contributed by atoms with Crippen LogP contribution >= 0.6 is 11.8 Å². The van der Waals surface area contributed by atoms with Gasteiger partial charge in [0, 0.05) is 13.1 Å². The van der Waals surface area contributed by atoms with Gasteiger partial charge in [0.2, 0.25) is 10.0 Å². The number of hydrogen-bond acceptors (Lipinski definition) is 6. The van der Waals surface area contributed by atoms with Crippen LogP contribution in [0.2, 0.25) is 0 Å². The first kappa shape index (κ1) is 27.7. The molecule has 0 aliphatic carbocycles. The van der Waals surface area contributed by atoms with E-state index in [4.69, 9.17) is 4.74 Å². The van der Waals surface area contributed by atoms with Crippen LogP contribution in [0, 0.1) is 0 Å². The fraction of sp³-hybridized carbons (Fsp3) is 0.296. The number of aliphatic hydroxyl groups excluding tert-OH is 1. The minimum absolute atomic E-state index is 0.0769. The highest BCUT2D eigenvalue weighted by atomic mass is 32.2. The van der Waals surface area contributed by atoms with E-state index < -0.39 is 28.3 Å². The Bertz CT molecular complexity index is 1160. The highest BCUT2D eigenvalue weighted by Gasteiger charge is 2.31. The topological polar surface area (TPSA) is 95.9 Å². The Kier molecular flexibility index (Phi) is 10.8. The lowest BCUT2D eigenvalue weighted by molar-refractivity contribution is 0.0889. The van der Waals surface area contributed by atoms with Crippen molar-refractivity contribution in [1.29, 1.82) is 0 Å². The predicted octanol–water partition coefficient (Wildman–Crippen LogP) is 4.46. The van der Waals surface area contributed by atoms with E-state index >= 15 is 0 Å². The van der Waals surface area contributed by atoms with Gasteiger partial charge in [0.05, 0.1) is 17.0 Å². The molecular formula is C27H32N2O5S2. The summed E-state index contributed by atoms with van der Waals surface area (Å²) in [5.41, 5.74) is 1.47. The summed E-state index contributed by atoms with van der Waals surface area (Å²) in [5, 5.41) is 14.0. The van der Waals surface area contributed by atoms with Gasteiger partial charge in [-0.05, 0) is 41.7 Å². The van der Waals surface area contributed by atoms with Crippen molar-refractivity contribution in [3.05, 3.63) is 102 Å². The molecule has 3 rings (SSSR count). The molecule has 3 aromatic carbocycles. The first-order valence-electron chi connectivity index (χ1n) is 11.7. The predicted molar refractivity (Wildman–Crippen MR) is 143 cm³/mol. The van der Waals surface area contributed by atoms with Gasteiger partial charge in [-0.2, -0.15) is 16.1 Å². The highest BCUT2D eigenvalue weighted by molar-refractivity contribution is 7.98. The number of benzene rings is 3. The molecule has 2 atom stereocenters. The lowest BCUT2D eigenvalue weighted by Crippen LogP contribution is -2.45. The van der Waals surface area contributed by atoms with Gasteiger partial charge in [-0.3, -0.25) is 0 Å². The number of thioether (sulfide) groups is 1. The number of nitrogens with zero attached hydrogens (tertiary/aromatic N) is 1. The summed E-state index contributed by atoms with van der Waals surface area (Å²) in [7, 11) is -3.85. The van der Waals surface area contributed by atoms with Crippen molar-refractivity contribution in [3.8, 4) is 0 Å². The molecule has 3 aromatic rings. The molecule has 7 nitrogen and oxygen atoms in total. The van der Waals surface area contributed by atoms with E-state index in [-0.39, 0.29) is 24.6 Å². The van der Waals surface area contributed by atoms with Crippen LogP contribution in [-0.4, -0.2) is 55.1 Å². The zero-order valence-corrected chi connectivity index (χ0v) is 21.8. The van der Waals surface area contributed by atoms with Crippen molar-refractivity contribution in [2.45, 2.75) is 30.1 Å². The highest BCUT2D eigenvalue weighted by Crippen LogP contribution is 2.22. The smallest absolute Gasteiger partial charge is 0.408 e. The summed E-state index contributed by atoms with van der Waals surface area (Å²) in [5.74, 6) is 0.781. The molecule has 0 aliphatic heterocycles. The number of hydrogen-bond donors (Lipinski definition) is 2. The second kappa shape index (κ2) is 14.0. The lowest BCUT2D eigenvalue weighted by Gasteiger charge is -2.30. The average Bonchev–Trinajstić information content (AvgIpc) is 2.91. The van der Waals surface area contributed by atoms with Crippen LogP contribution < -0.4 is 5.32 Å². The molecule has 0 aliphatic rings. The van der Waals surface area contributed by atoms with Gasteiger partial charge in [0.25, 0.3) is 0 Å². The van der Waals surface area contributed by atoms with Crippen LogP contribution in [0.3, 0.4) is 0 Å². The molecule has 1 unspecified atom stereocenters. The lowest BCUT2D eigenvalue weighted by atomic mass is 10.0. The van der Waals surface area contributed by atoms with Crippen LogP contribution in [0.25, 0.3) is 0 Å². The molecule has 36 heavy (non-hydrogen) atoms. The molecule has 9 heteroatoms. The van der Waals surface area contributed by atoms with Crippen molar-refractivity contribution in [1.82, 2.24) is 9.62 Å². The van der Waals surface area contributed by atoms with E-state index in [1.54, 1.807) is 54.2 Å². The second-order valence-electron chi connectivity index (χ2n) is 8.18. The Balaban J connectivity index is 1.78. The third kappa shape index (κ3) is 8.09. The summed E-state index contributed by atoms with van der Waals surface area (Å²) in [6.45, 7) is 0.132. The Morgan fingerprint density at radius 1 is 0.972 bits per heavy atom. The van der Waals surface area contributed by atoms with E-state index in [0.29, 0.717) is 12.0 Å². The quantitative estimate of drug-likeness (QED) is 0.318. The van der Waals surface area contributed by atoms with Gasteiger partial charge in [-0.15, -0.1) is 0 Å². The normalized spacial score (nSPS) is 13.2. The second-order valence-corrected chi connectivity index (χ2v) is 11.1. The zero-order chi connectivity index (χ0) is 25.8. The van der Waals surface area contributed by atoms with Gasteiger partial charge in [0.15, 0.2) is 0 Å². The molecule has 0 bridgehead atoms. The molecule has 192 valence electrons. The summed E-state index contributed by atoms with van der Waals surface area (Å²) < 4.78 is 33.4. The third-order valence-electron chi connectivity index (χ3n) is 5.56. The van der Waals surface area contributed by atoms with Crippen LogP contribution in [0.15, 0.2) is 95.9 Å². The summed E-state index contributed by atoms with van der Waals surface area (Å²) in [6.07, 6.45) is 0.667. The number of aliphatic hydroxyl groups is 1. The number of alkyl carbamates (subject to hydrolysis) is 1. The average molecular weight is 529 g/mol. The number of nitrogens with one attached hydrogen (secondary N) is 1. The number of carbonyl (C=O) groups excluding carboxylic acids is 1. The molecule has 0 heterocycles. The molecule has 1 amide bonds. The van der Waals surface area contributed by atoms with E-state index in [1.165, 1.54) is 16.4 Å².